The molecule has 2 atom stereocenters. The van der Waals surface area contributed by atoms with Crippen molar-refractivity contribution < 1.29 is 5.11 Å². The molecule has 8 rings (SSSR count). The van der Waals surface area contributed by atoms with Crippen LogP contribution in [-0.2, 0) is 0 Å². The maximum atomic E-state index is 10.8. The van der Waals surface area contributed by atoms with Crippen LogP contribution < -0.4 is 5.32 Å². The number of rotatable bonds is 2. The molecule has 0 unspecified atom stereocenters. The van der Waals surface area contributed by atoms with E-state index in [1.165, 1.54) is 38.5 Å². The molecule has 8 saturated carbocycles. The van der Waals surface area contributed by atoms with Crippen LogP contribution in [0.25, 0.3) is 0 Å². The van der Waals surface area contributed by atoms with Crippen LogP contribution in [0.15, 0.2) is 0 Å². The van der Waals surface area contributed by atoms with E-state index in [1.54, 1.807) is 6.42 Å². The lowest BCUT2D eigenvalue weighted by atomic mass is 9.51. The summed E-state index contributed by atoms with van der Waals surface area (Å²) in [5, 5.41) is 15.1. The number of hydrogen-bond acceptors (Lipinski definition) is 2. The van der Waals surface area contributed by atoms with Gasteiger partial charge in [0, 0.05) is 12.1 Å². The summed E-state index contributed by atoms with van der Waals surface area (Å²) in [6.45, 7) is 0. The van der Waals surface area contributed by atoms with Gasteiger partial charge in [0.2, 0.25) is 0 Å². The first-order valence-corrected chi connectivity index (χ1v) is 10.1. The molecule has 2 nitrogen and oxygen atoms in total. The third-order valence-corrected chi connectivity index (χ3v) is 8.85. The van der Waals surface area contributed by atoms with Crippen LogP contribution in [0.4, 0.5) is 0 Å². The van der Waals surface area contributed by atoms with Crippen molar-refractivity contribution in [1.29, 1.82) is 0 Å². The quantitative estimate of drug-likeness (QED) is 0.820. The first kappa shape index (κ1) is 13.2. The highest BCUT2D eigenvalue weighted by Gasteiger charge is 2.56. The predicted molar refractivity (Wildman–Crippen MR) is 86.3 cm³/mol. The lowest BCUT2D eigenvalue weighted by Gasteiger charge is -2.61. The first-order valence-electron chi connectivity index (χ1n) is 10.1. The molecule has 0 aromatic carbocycles. The van der Waals surface area contributed by atoms with E-state index < -0.39 is 0 Å². The lowest BCUT2D eigenvalue weighted by molar-refractivity contribution is -0.145. The van der Waals surface area contributed by atoms with Gasteiger partial charge < -0.3 is 10.4 Å². The maximum absolute atomic E-state index is 10.8. The summed E-state index contributed by atoms with van der Waals surface area (Å²) in [7, 11) is 0. The molecule has 0 amide bonds. The number of nitrogens with one attached hydrogen (secondary N) is 1. The molecule has 8 fully saturated rings. The predicted octanol–water partition coefficient (Wildman–Crippen LogP) is 3.34. The molecular weight excluding hydrogens is 270 g/mol. The average molecular weight is 301 g/mol. The minimum Gasteiger partial charge on any atom is -0.390 e. The SMILES string of the molecule is OC12CC3C[C@@H](C1)C(NC1C4CC5CC(C4)CC1C5)[C@@H](C3)C2. The van der Waals surface area contributed by atoms with Crippen molar-refractivity contribution in [3.8, 4) is 0 Å². The van der Waals surface area contributed by atoms with E-state index in [4.69, 9.17) is 0 Å². The fourth-order valence-corrected chi connectivity index (χ4v) is 8.67. The Kier molecular flexibility index (Phi) is 2.59. The molecule has 0 aliphatic heterocycles. The molecule has 8 bridgehead atoms. The van der Waals surface area contributed by atoms with E-state index in [1.807, 2.05) is 0 Å². The van der Waals surface area contributed by atoms with Gasteiger partial charge in [-0.2, -0.15) is 0 Å². The summed E-state index contributed by atoms with van der Waals surface area (Å²) >= 11 is 0. The van der Waals surface area contributed by atoms with Crippen molar-refractivity contribution >= 4 is 0 Å². The van der Waals surface area contributed by atoms with E-state index >= 15 is 0 Å². The van der Waals surface area contributed by atoms with Gasteiger partial charge in [-0.15, -0.1) is 0 Å². The van der Waals surface area contributed by atoms with Crippen molar-refractivity contribution in [3.63, 3.8) is 0 Å². The highest BCUT2D eigenvalue weighted by Crippen LogP contribution is 2.58. The molecule has 122 valence electrons. The summed E-state index contributed by atoms with van der Waals surface area (Å²) in [6, 6.07) is 1.59. The molecule has 0 aromatic rings. The first-order chi connectivity index (χ1) is 10.7. The fraction of sp³-hybridized carbons (Fsp3) is 1.00. The topological polar surface area (TPSA) is 32.3 Å². The largest absolute Gasteiger partial charge is 0.390 e. The van der Waals surface area contributed by atoms with E-state index in [0.29, 0.717) is 0 Å². The van der Waals surface area contributed by atoms with E-state index in [2.05, 4.69) is 5.32 Å². The molecule has 8 aliphatic carbocycles. The normalized spacial score (nSPS) is 64.5. The van der Waals surface area contributed by atoms with Gasteiger partial charge in [-0.05, 0) is 106 Å². The Hall–Kier alpha value is -0.0800. The van der Waals surface area contributed by atoms with Gasteiger partial charge in [-0.1, -0.05) is 0 Å². The maximum Gasteiger partial charge on any atom is 0.0657 e. The van der Waals surface area contributed by atoms with Crippen LogP contribution in [0.2, 0.25) is 0 Å². The van der Waals surface area contributed by atoms with Gasteiger partial charge in [0.15, 0.2) is 0 Å². The fourth-order valence-electron chi connectivity index (χ4n) is 8.67. The Bertz CT molecular complexity index is 444. The number of hydrogen-bond donors (Lipinski definition) is 2. The smallest absolute Gasteiger partial charge is 0.0657 e. The molecule has 2 heteroatoms. The van der Waals surface area contributed by atoms with Crippen LogP contribution >= 0.6 is 0 Å². The van der Waals surface area contributed by atoms with Gasteiger partial charge >= 0.3 is 0 Å². The van der Waals surface area contributed by atoms with Gasteiger partial charge in [-0.25, -0.2) is 0 Å². The van der Waals surface area contributed by atoms with Crippen molar-refractivity contribution in [2.45, 2.75) is 81.9 Å². The highest BCUT2D eigenvalue weighted by molar-refractivity contribution is 5.10. The molecule has 0 aromatic heterocycles. The molecule has 0 saturated heterocycles. The summed E-state index contributed by atoms with van der Waals surface area (Å²) in [4.78, 5) is 0. The summed E-state index contributed by atoms with van der Waals surface area (Å²) < 4.78 is 0. The summed E-state index contributed by atoms with van der Waals surface area (Å²) in [5.74, 6) is 6.58. The highest BCUT2D eigenvalue weighted by atomic mass is 16.3. The minimum atomic E-state index is -0.265. The Morgan fingerprint density at radius 2 is 1.09 bits per heavy atom. The van der Waals surface area contributed by atoms with Crippen LogP contribution in [-0.4, -0.2) is 22.8 Å². The van der Waals surface area contributed by atoms with E-state index in [0.717, 1.165) is 72.8 Å². The van der Waals surface area contributed by atoms with Gasteiger partial charge in [0.1, 0.15) is 0 Å². The molecular formula is C20H31NO. The van der Waals surface area contributed by atoms with Crippen molar-refractivity contribution in [3.05, 3.63) is 0 Å². The minimum absolute atomic E-state index is 0.265. The third-order valence-electron chi connectivity index (χ3n) is 8.85. The second kappa shape index (κ2) is 4.30. The molecule has 0 heterocycles. The van der Waals surface area contributed by atoms with Gasteiger partial charge in [-0.3, -0.25) is 0 Å². The van der Waals surface area contributed by atoms with Crippen molar-refractivity contribution in [2.75, 3.05) is 0 Å². The van der Waals surface area contributed by atoms with Crippen LogP contribution in [0, 0.1) is 41.4 Å². The monoisotopic (exact) mass is 301 g/mol. The van der Waals surface area contributed by atoms with E-state index in [9.17, 15) is 5.11 Å². The molecule has 2 N–H and O–H groups in total. The zero-order valence-electron chi connectivity index (χ0n) is 13.7. The van der Waals surface area contributed by atoms with Crippen LogP contribution in [0.5, 0.6) is 0 Å². The lowest BCUT2D eigenvalue weighted by Crippen LogP contribution is -2.65. The molecule has 0 radical (unpaired) electrons. The third kappa shape index (κ3) is 1.80. The Morgan fingerprint density at radius 3 is 1.64 bits per heavy atom. The second-order valence-corrected chi connectivity index (χ2v) is 10.3. The Morgan fingerprint density at radius 1 is 0.591 bits per heavy atom. The second-order valence-electron chi connectivity index (χ2n) is 10.3. The summed E-state index contributed by atoms with van der Waals surface area (Å²) in [5.41, 5.74) is -0.265. The van der Waals surface area contributed by atoms with Crippen LogP contribution in [0.1, 0.15) is 64.2 Å². The zero-order valence-corrected chi connectivity index (χ0v) is 13.7. The molecule has 8 aliphatic rings. The standard InChI is InChI=1S/C20H31NO/c22-20-8-13-6-16(9-20)19(17(7-13)10-20)21-18-14-2-11-1-12(4-14)5-15(18)3-11/h11-19,21-22H,1-10H2/t11?,12?,13?,14?,15?,16-,17-,18?,19?,20?/m0/s1. The average Bonchev–Trinajstić information content (AvgIpc) is 2.42. The Balaban J connectivity index is 1.23. The molecule has 22 heavy (non-hydrogen) atoms. The van der Waals surface area contributed by atoms with Crippen molar-refractivity contribution in [2.24, 2.45) is 41.4 Å². The molecule has 0 spiro atoms. The van der Waals surface area contributed by atoms with Gasteiger partial charge in [0.05, 0.1) is 5.60 Å². The summed E-state index contributed by atoms with van der Waals surface area (Å²) in [6.07, 6.45) is 13.8. The van der Waals surface area contributed by atoms with Crippen molar-refractivity contribution in [1.82, 2.24) is 5.32 Å². The zero-order chi connectivity index (χ0) is 14.5. The number of aliphatic hydroxyl groups is 1. The van der Waals surface area contributed by atoms with Crippen LogP contribution in [0.3, 0.4) is 0 Å². The Labute approximate surface area is 134 Å². The van der Waals surface area contributed by atoms with Gasteiger partial charge in [0.25, 0.3) is 0 Å². The van der Waals surface area contributed by atoms with E-state index in [-0.39, 0.29) is 5.60 Å².